The van der Waals surface area contributed by atoms with Crippen molar-refractivity contribution in [2.45, 2.75) is 38.5 Å². The van der Waals surface area contributed by atoms with Crippen LogP contribution in [0.3, 0.4) is 0 Å². The number of halogens is 1. The van der Waals surface area contributed by atoms with Crippen LogP contribution in [0.4, 0.5) is 0 Å². The van der Waals surface area contributed by atoms with Crippen LogP contribution in [0.5, 0.6) is 5.75 Å². The highest BCUT2D eigenvalue weighted by atomic mass is 35.5. The molecule has 1 aliphatic carbocycles. The van der Waals surface area contributed by atoms with Gasteiger partial charge in [0.25, 0.3) is 0 Å². The van der Waals surface area contributed by atoms with Crippen LogP contribution in [0.1, 0.15) is 38.5 Å². The Kier molecular flexibility index (Phi) is 7.37. The molecule has 2 N–H and O–H groups in total. The molecule has 5 nitrogen and oxygen atoms in total. The lowest BCUT2D eigenvalue weighted by Crippen LogP contribution is -2.37. The Morgan fingerprint density at radius 3 is 2.62 bits per heavy atom. The van der Waals surface area contributed by atoms with Gasteiger partial charge in [0, 0.05) is 18.0 Å². The topological polar surface area (TPSA) is 75.6 Å². The number of hydrogen-bond acceptors (Lipinski definition) is 3. The summed E-state index contributed by atoms with van der Waals surface area (Å²) in [4.78, 5) is 23.1. The van der Waals surface area contributed by atoms with Crippen molar-refractivity contribution in [1.82, 2.24) is 5.32 Å². The third-order valence-corrected chi connectivity index (χ3v) is 4.67. The molecule has 0 heterocycles. The Balaban J connectivity index is 1.62. The number of carboxylic acids is 1. The fourth-order valence-corrected chi connectivity index (χ4v) is 3.19. The molecule has 132 valence electrons. The average molecular weight is 354 g/mol. The van der Waals surface area contributed by atoms with Crippen molar-refractivity contribution in [2.24, 2.45) is 11.8 Å². The number of carbonyl (C=O) groups excluding carboxylic acids is 1. The molecule has 1 saturated carbocycles. The molecule has 0 aliphatic heterocycles. The zero-order valence-corrected chi connectivity index (χ0v) is 14.4. The van der Waals surface area contributed by atoms with Gasteiger partial charge in [-0.2, -0.15) is 0 Å². The summed E-state index contributed by atoms with van der Waals surface area (Å²) in [6.45, 7) is 0.907. The predicted molar refractivity (Wildman–Crippen MR) is 92.3 cm³/mol. The molecule has 0 saturated heterocycles. The second-order valence-electron chi connectivity index (χ2n) is 6.20. The lowest BCUT2D eigenvalue weighted by atomic mass is 9.79. The number of aliphatic carboxylic acids is 1. The molecule has 0 bridgehead atoms. The van der Waals surface area contributed by atoms with Gasteiger partial charge in [0.2, 0.25) is 5.91 Å². The summed E-state index contributed by atoms with van der Waals surface area (Å²) in [7, 11) is 0. The van der Waals surface area contributed by atoms with E-state index in [4.69, 9.17) is 16.3 Å². The summed E-state index contributed by atoms with van der Waals surface area (Å²) >= 11 is 5.80. The second-order valence-corrected chi connectivity index (χ2v) is 6.64. The standard InChI is InChI=1S/C18H24ClNO4/c19-14-7-9-15(10-8-14)24-11-3-6-17(21)20-12-13-4-1-2-5-16(13)18(22)23/h7-10,13,16H,1-6,11-12H2,(H,20,21)(H,22,23)/t13-,16-/m0/s1. The number of hydrogen-bond donors (Lipinski definition) is 2. The maximum absolute atomic E-state index is 11.9. The Hall–Kier alpha value is -1.75. The van der Waals surface area contributed by atoms with E-state index in [1.807, 2.05) is 0 Å². The summed E-state index contributed by atoms with van der Waals surface area (Å²) in [6.07, 6.45) is 4.57. The predicted octanol–water partition coefficient (Wildman–Crippen LogP) is 3.51. The van der Waals surface area contributed by atoms with E-state index in [2.05, 4.69) is 5.32 Å². The van der Waals surface area contributed by atoms with Gasteiger partial charge in [-0.1, -0.05) is 24.4 Å². The molecule has 2 atom stereocenters. The van der Waals surface area contributed by atoms with Crippen molar-refractivity contribution in [3.63, 3.8) is 0 Å². The first-order valence-corrected chi connectivity index (χ1v) is 8.82. The normalized spacial score (nSPS) is 20.4. The van der Waals surface area contributed by atoms with E-state index in [-0.39, 0.29) is 17.7 Å². The van der Waals surface area contributed by atoms with Gasteiger partial charge in [-0.25, -0.2) is 0 Å². The minimum Gasteiger partial charge on any atom is -0.494 e. The van der Waals surface area contributed by atoms with Crippen molar-refractivity contribution in [1.29, 1.82) is 0 Å². The molecule has 0 spiro atoms. The van der Waals surface area contributed by atoms with Gasteiger partial charge in [0.15, 0.2) is 0 Å². The van der Waals surface area contributed by atoms with Crippen molar-refractivity contribution >= 4 is 23.5 Å². The maximum Gasteiger partial charge on any atom is 0.306 e. The molecule has 0 radical (unpaired) electrons. The maximum atomic E-state index is 11.9. The highest BCUT2D eigenvalue weighted by Gasteiger charge is 2.30. The van der Waals surface area contributed by atoms with E-state index in [0.29, 0.717) is 37.4 Å². The molecular formula is C18H24ClNO4. The molecule has 1 aliphatic rings. The van der Waals surface area contributed by atoms with Gasteiger partial charge >= 0.3 is 5.97 Å². The van der Waals surface area contributed by atoms with Crippen molar-refractivity contribution in [3.8, 4) is 5.75 Å². The molecule has 1 fully saturated rings. The first-order chi connectivity index (χ1) is 11.6. The number of rotatable bonds is 8. The van der Waals surface area contributed by atoms with Gasteiger partial charge in [-0.3, -0.25) is 9.59 Å². The number of nitrogens with one attached hydrogen (secondary N) is 1. The number of benzene rings is 1. The van der Waals surface area contributed by atoms with Gasteiger partial charge in [-0.05, 0) is 49.4 Å². The van der Waals surface area contributed by atoms with Crippen LogP contribution >= 0.6 is 11.6 Å². The van der Waals surface area contributed by atoms with Gasteiger partial charge < -0.3 is 15.2 Å². The molecule has 1 aromatic carbocycles. The van der Waals surface area contributed by atoms with Crippen LogP contribution in [0, 0.1) is 11.8 Å². The number of amides is 1. The van der Waals surface area contributed by atoms with E-state index in [1.165, 1.54) is 0 Å². The molecule has 0 aromatic heterocycles. The highest BCUT2D eigenvalue weighted by molar-refractivity contribution is 6.30. The molecule has 0 unspecified atom stereocenters. The van der Waals surface area contributed by atoms with Crippen LogP contribution < -0.4 is 10.1 Å². The first kappa shape index (κ1) is 18.6. The van der Waals surface area contributed by atoms with Crippen LogP contribution in [0.2, 0.25) is 5.02 Å². The first-order valence-electron chi connectivity index (χ1n) is 8.44. The third kappa shape index (κ3) is 6.04. The third-order valence-electron chi connectivity index (χ3n) is 4.42. The molecule has 24 heavy (non-hydrogen) atoms. The van der Waals surface area contributed by atoms with Gasteiger partial charge in [-0.15, -0.1) is 0 Å². The quantitative estimate of drug-likeness (QED) is 0.701. The van der Waals surface area contributed by atoms with Crippen molar-refractivity contribution in [3.05, 3.63) is 29.3 Å². The zero-order chi connectivity index (χ0) is 17.4. The van der Waals surface area contributed by atoms with E-state index in [1.54, 1.807) is 24.3 Å². The largest absolute Gasteiger partial charge is 0.494 e. The molecule has 6 heteroatoms. The van der Waals surface area contributed by atoms with E-state index >= 15 is 0 Å². The van der Waals surface area contributed by atoms with E-state index in [9.17, 15) is 14.7 Å². The molecule has 1 aromatic rings. The van der Waals surface area contributed by atoms with Gasteiger partial charge in [0.1, 0.15) is 5.75 Å². The smallest absolute Gasteiger partial charge is 0.306 e. The minimum atomic E-state index is -0.745. The summed E-state index contributed by atoms with van der Waals surface area (Å²) in [5.74, 6) is -0.348. The lowest BCUT2D eigenvalue weighted by molar-refractivity contribution is -0.145. The van der Waals surface area contributed by atoms with Crippen LogP contribution in [-0.2, 0) is 9.59 Å². The Morgan fingerprint density at radius 1 is 1.21 bits per heavy atom. The van der Waals surface area contributed by atoms with E-state index < -0.39 is 5.97 Å². The number of carboxylic acid groups (broad SMARTS) is 1. The van der Waals surface area contributed by atoms with Crippen LogP contribution in [0.25, 0.3) is 0 Å². The Bertz CT molecular complexity index is 546. The van der Waals surface area contributed by atoms with Crippen molar-refractivity contribution in [2.75, 3.05) is 13.2 Å². The second kappa shape index (κ2) is 9.52. The summed E-state index contributed by atoms with van der Waals surface area (Å²) < 4.78 is 5.54. The number of ether oxygens (including phenoxy) is 1. The van der Waals surface area contributed by atoms with Crippen LogP contribution in [0.15, 0.2) is 24.3 Å². The van der Waals surface area contributed by atoms with Crippen LogP contribution in [-0.4, -0.2) is 30.1 Å². The SMILES string of the molecule is O=C(CCCOc1ccc(Cl)cc1)NC[C@@H]1CCCC[C@@H]1C(=O)O. The number of carbonyl (C=O) groups is 2. The van der Waals surface area contributed by atoms with Crippen molar-refractivity contribution < 1.29 is 19.4 Å². The average Bonchev–Trinajstić information content (AvgIpc) is 2.58. The van der Waals surface area contributed by atoms with Gasteiger partial charge in [0.05, 0.1) is 12.5 Å². The summed E-state index contributed by atoms with van der Waals surface area (Å²) in [5.41, 5.74) is 0. The fraction of sp³-hybridized carbons (Fsp3) is 0.556. The lowest BCUT2D eigenvalue weighted by Gasteiger charge is -2.28. The molecular weight excluding hydrogens is 330 g/mol. The minimum absolute atomic E-state index is 0.0468. The summed E-state index contributed by atoms with van der Waals surface area (Å²) in [5, 5.41) is 12.8. The monoisotopic (exact) mass is 353 g/mol. The van der Waals surface area contributed by atoms with E-state index in [0.717, 1.165) is 25.0 Å². The molecule has 1 amide bonds. The zero-order valence-electron chi connectivity index (χ0n) is 13.7. The molecule has 2 rings (SSSR count). The summed E-state index contributed by atoms with van der Waals surface area (Å²) in [6, 6.07) is 7.09. The fourth-order valence-electron chi connectivity index (χ4n) is 3.06. The Morgan fingerprint density at radius 2 is 1.92 bits per heavy atom. The highest BCUT2D eigenvalue weighted by Crippen LogP contribution is 2.29. The Labute approximate surface area is 147 Å².